The molecule has 21 heavy (non-hydrogen) atoms. The second kappa shape index (κ2) is 5.25. The average molecular weight is 290 g/mol. The topological polar surface area (TPSA) is 84.7 Å². The summed E-state index contributed by atoms with van der Waals surface area (Å²) in [4.78, 5) is 28.2. The fourth-order valence-electron chi connectivity index (χ4n) is 2.52. The Morgan fingerprint density at radius 2 is 2.00 bits per heavy atom. The van der Waals surface area contributed by atoms with Crippen LogP contribution in [0.3, 0.4) is 0 Å². The molecule has 1 saturated heterocycles. The molecule has 2 aromatic rings. The van der Waals surface area contributed by atoms with E-state index in [0.717, 1.165) is 13.1 Å². The van der Waals surface area contributed by atoms with E-state index in [9.17, 15) is 9.59 Å². The van der Waals surface area contributed by atoms with Gasteiger partial charge in [0, 0.05) is 37.9 Å². The number of piperazine rings is 1. The number of carbonyl (C=O) groups excluding carboxylic acids is 1. The van der Waals surface area contributed by atoms with Gasteiger partial charge in [-0.25, -0.2) is 4.79 Å². The number of oxazole rings is 1. The lowest BCUT2D eigenvalue weighted by Crippen LogP contribution is -2.48. The molecule has 112 valence electrons. The van der Waals surface area contributed by atoms with Gasteiger partial charge in [0.25, 0.3) is 0 Å². The van der Waals surface area contributed by atoms with E-state index >= 15 is 0 Å². The van der Waals surface area contributed by atoms with Crippen LogP contribution in [0.25, 0.3) is 11.1 Å². The Bertz CT molecular complexity index is 725. The van der Waals surface area contributed by atoms with Gasteiger partial charge in [-0.15, -0.1) is 0 Å². The molecule has 0 radical (unpaired) electrons. The number of nitrogens with two attached hydrogens (primary N) is 1. The van der Waals surface area contributed by atoms with Gasteiger partial charge in [0.1, 0.15) is 6.54 Å². The van der Waals surface area contributed by atoms with Crippen molar-refractivity contribution >= 4 is 22.7 Å². The number of benzene rings is 1. The number of anilines is 1. The molecule has 1 amide bonds. The van der Waals surface area contributed by atoms with E-state index in [1.807, 2.05) is 7.05 Å². The minimum atomic E-state index is -0.530. The van der Waals surface area contributed by atoms with Gasteiger partial charge in [-0.2, -0.15) is 0 Å². The van der Waals surface area contributed by atoms with Crippen LogP contribution in [0.5, 0.6) is 0 Å². The zero-order valence-electron chi connectivity index (χ0n) is 11.9. The summed E-state index contributed by atoms with van der Waals surface area (Å²) in [6.07, 6.45) is 0. The first-order valence-corrected chi connectivity index (χ1v) is 6.90. The normalized spacial score (nSPS) is 16.5. The van der Waals surface area contributed by atoms with Gasteiger partial charge in [0.05, 0.1) is 5.52 Å². The van der Waals surface area contributed by atoms with Crippen molar-refractivity contribution in [2.24, 2.45) is 0 Å². The van der Waals surface area contributed by atoms with Crippen LogP contribution in [0.4, 0.5) is 5.69 Å². The third-order valence-electron chi connectivity index (χ3n) is 3.84. The third kappa shape index (κ3) is 2.64. The highest BCUT2D eigenvalue weighted by molar-refractivity contribution is 5.81. The first kappa shape index (κ1) is 13.7. The van der Waals surface area contributed by atoms with Crippen molar-refractivity contribution in [3.63, 3.8) is 0 Å². The van der Waals surface area contributed by atoms with Crippen molar-refractivity contribution < 1.29 is 9.21 Å². The van der Waals surface area contributed by atoms with Crippen LogP contribution in [0.2, 0.25) is 0 Å². The molecule has 7 nitrogen and oxygen atoms in total. The number of carbonyl (C=O) groups is 1. The van der Waals surface area contributed by atoms with Crippen molar-refractivity contribution in [3.8, 4) is 0 Å². The van der Waals surface area contributed by atoms with E-state index < -0.39 is 5.76 Å². The first-order valence-electron chi connectivity index (χ1n) is 6.90. The molecular weight excluding hydrogens is 272 g/mol. The summed E-state index contributed by atoms with van der Waals surface area (Å²) in [6.45, 7) is 3.08. The predicted molar refractivity (Wildman–Crippen MR) is 79.0 cm³/mol. The van der Waals surface area contributed by atoms with Crippen LogP contribution in [0, 0.1) is 0 Å². The van der Waals surface area contributed by atoms with Gasteiger partial charge in [-0.3, -0.25) is 9.36 Å². The molecule has 2 N–H and O–H groups in total. The van der Waals surface area contributed by atoms with Gasteiger partial charge in [0.2, 0.25) is 5.91 Å². The molecule has 3 rings (SSSR count). The minimum Gasteiger partial charge on any atom is -0.408 e. The Morgan fingerprint density at radius 3 is 2.71 bits per heavy atom. The number of aromatic nitrogens is 1. The van der Waals surface area contributed by atoms with E-state index in [-0.39, 0.29) is 12.5 Å². The smallest absolute Gasteiger partial charge is 0.408 e. The highest BCUT2D eigenvalue weighted by Crippen LogP contribution is 2.16. The van der Waals surface area contributed by atoms with Crippen LogP contribution >= 0.6 is 0 Å². The molecule has 7 heteroatoms. The zero-order chi connectivity index (χ0) is 15.0. The van der Waals surface area contributed by atoms with E-state index in [1.54, 1.807) is 23.1 Å². The number of nitrogen functional groups attached to an aromatic ring is 1. The maximum absolute atomic E-state index is 12.3. The summed E-state index contributed by atoms with van der Waals surface area (Å²) < 4.78 is 6.49. The standard InChI is InChI=1S/C14H18N4O3/c1-16-4-6-17(7-5-16)13(19)9-18-11-3-2-10(15)8-12(11)21-14(18)20/h2-3,8H,4-7,9,15H2,1H3. The molecule has 1 fully saturated rings. The minimum absolute atomic E-state index is 0.000530. The largest absolute Gasteiger partial charge is 0.420 e. The number of hydrogen-bond donors (Lipinski definition) is 1. The van der Waals surface area contributed by atoms with Crippen LogP contribution < -0.4 is 11.5 Å². The quantitative estimate of drug-likeness (QED) is 0.784. The molecule has 0 saturated carbocycles. The summed E-state index contributed by atoms with van der Waals surface area (Å²) in [5.74, 6) is -0.595. The predicted octanol–water partition coefficient (Wildman–Crippen LogP) is -0.0493. The Labute approximate surface area is 121 Å². The van der Waals surface area contributed by atoms with Gasteiger partial charge < -0.3 is 20.0 Å². The van der Waals surface area contributed by atoms with E-state index in [4.69, 9.17) is 10.2 Å². The van der Waals surface area contributed by atoms with Gasteiger partial charge >= 0.3 is 5.76 Å². The second-order valence-electron chi connectivity index (χ2n) is 5.37. The Hall–Kier alpha value is -2.28. The summed E-state index contributed by atoms with van der Waals surface area (Å²) >= 11 is 0. The fourth-order valence-corrected chi connectivity index (χ4v) is 2.52. The Balaban J connectivity index is 1.83. The molecule has 0 spiro atoms. The molecule has 1 aromatic heterocycles. The maximum atomic E-state index is 12.3. The number of nitrogens with zero attached hydrogens (tertiary/aromatic N) is 3. The van der Waals surface area contributed by atoms with E-state index in [0.29, 0.717) is 29.9 Å². The Morgan fingerprint density at radius 1 is 1.29 bits per heavy atom. The lowest BCUT2D eigenvalue weighted by molar-refractivity contribution is -0.133. The monoisotopic (exact) mass is 290 g/mol. The molecule has 2 heterocycles. The summed E-state index contributed by atoms with van der Waals surface area (Å²) in [5, 5.41) is 0. The summed E-state index contributed by atoms with van der Waals surface area (Å²) in [5.41, 5.74) is 7.19. The van der Waals surface area contributed by atoms with Crippen molar-refractivity contribution in [3.05, 3.63) is 28.7 Å². The number of hydrogen-bond acceptors (Lipinski definition) is 5. The second-order valence-corrected chi connectivity index (χ2v) is 5.37. The molecule has 1 aliphatic rings. The summed E-state index contributed by atoms with van der Waals surface area (Å²) in [6, 6.07) is 4.98. The molecular formula is C14H18N4O3. The van der Waals surface area contributed by atoms with Crippen molar-refractivity contribution in [2.75, 3.05) is 39.0 Å². The SMILES string of the molecule is CN1CCN(C(=O)Cn2c(=O)oc3cc(N)ccc32)CC1. The van der Waals surface area contributed by atoms with Crippen molar-refractivity contribution in [1.29, 1.82) is 0 Å². The Kier molecular flexibility index (Phi) is 3.42. The molecule has 0 unspecified atom stereocenters. The van der Waals surface area contributed by atoms with E-state index in [1.165, 1.54) is 4.57 Å². The van der Waals surface area contributed by atoms with Crippen molar-refractivity contribution in [1.82, 2.24) is 14.4 Å². The first-order chi connectivity index (χ1) is 10.0. The molecule has 0 aliphatic carbocycles. The van der Waals surface area contributed by atoms with Crippen LogP contribution in [0.1, 0.15) is 0 Å². The van der Waals surface area contributed by atoms with Crippen LogP contribution in [0.15, 0.2) is 27.4 Å². The van der Waals surface area contributed by atoms with Gasteiger partial charge in [-0.05, 0) is 19.2 Å². The van der Waals surface area contributed by atoms with Gasteiger partial charge in [0.15, 0.2) is 5.58 Å². The molecule has 0 atom stereocenters. The number of amides is 1. The average Bonchev–Trinajstić information content (AvgIpc) is 2.75. The number of rotatable bonds is 2. The zero-order valence-corrected chi connectivity index (χ0v) is 11.9. The third-order valence-corrected chi connectivity index (χ3v) is 3.84. The van der Waals surface area contributed by atoms with Crippen LogP contribution in [-0.4, -0.2) is 53.5 Å². The van der Waals surface area contributed by atoms with Crippen LogP contribution in [-0.2, 0) is 11.3 Å². The lowest BCUT2D eigenvalue weighted by atomic mass is 10.3. The number of fused-ring (bicyclic) bond motifs is 1. The highest BCUT2D eigenvalue weighted by atomic mass is 16.4. The van der Waals surface area contributed by atoms with Crippen molar-refractivity contribution in [2.45, 2.75) is 6.54 Å². The lowest BCUT2D eigenvalue weighted by Gasteiger charge is -2.32. The van der Waals surface area contributed by atoms with E-state index in [2.05, 4.69) is 4.90 Å². The summed E-state index contributed by atoms with van der Waals surface area (Å²) in [7, 11) is 2.03. The molecule has 1 aromatic carbocycles. The fraction of sp³-hybridized carbons (Fsp3) is 0.429. The molecule has 0 bridgehead atoms. The molecule has 1 aliphatic heterocycles. The maximum Gasteiger partial charge on any atom is 0.420 e. The van der Waals surface area contributed by atoms with Gasteiger partial charge in [-0.1, -0.05) is 0 Å². The highest BCUT2D eigenvalue weighted by Gasteiger charge is 2.21. The number of likely N-dealkylation sites (N-methyl/N-ethyl adjacent to an activating group) is 1.